The molecule has 1 aromatic carbocycles. The Morgan fingerprint density at radius 1 is 1.53 bits per heavy atom. The Kier molecular flexibility index (Phi) is 4.68. The zero-order valence-electron chi connectivity index (χ0n) is 10.6. The van der Waals surface area contributed by atoms with E-state index >= 15 is 0 Å². The van der Waals surface area contributed by atoms with Crippen LogP contribution in [0.4, 0.5) is 5.69 Å². The maximum absolute atomic E-state index is 11.9. The molecule has 0 saturated carbocycles. The number of hydrogen-bond acceptors (Lipinski definition) is 3. The zero-order valence-corrected chi connectivity index (χ0v) is 12.1. The molecule has 6 heteroatoms. The third-order valence-electron chi connectivity index (χ3n) is 3.16. The molecule has 19 heavy (non-hydrogen) atoms. The summed E-state index contributed by atoms with van der Waals surface area (Å²) in [7, 11) is 0. The van der Waals surface area contributed by atoms with Crippen molar-refractivity contribution in [1.29, 1.82) is 0 Å². The summed E-state index contributed by atoms with van der Waals surface area (Å²) < 4.78 is 0. The molecule has 1 heterocycles. The maximum atomic E-state index is 11.9. The molecule has 1 fully saturated rings. The second-order valence-electron chi connectivity index (χ2n) is 4.78. The summed E-state index contributed by atoms with van der Waals surface area (Å²) in [6.45, 7) is 3.34. The second-order valence-corrected chi connectivity index (χ2v) is 5.56. The molecule has 0 bridgehead atoms. The third-order valence-corrected chi connectivity index (χ3v) is 3.97. The summed E-state index contributed by atoms with van der Waals surface area (Å²) >= 11 is 12.2. The fourth-order valence-corrected chi connectivity index (χ4v) is 2.57. The van der Waals surface area contributed by atoms with E-state index in [9.17, 15) is 9.90 Å². The number of halogens is 2. The molecular formula is C13H16Cl2N2O2. The number of amides is 1. The van der Waals surface area contributed by atoms with Crippen LogP contribution in [0.2, 0.25) is 10.0 Å². The molecule has 1 aliphatic rings. The summed E-state index contributed by atoms with van der Waals surface area (Å²) in [4.78, 5) is 13.8. The molecule has 1 aromatic rings. The van der Waals surface area contributed by atoms with Gasteiger partial charge < -0.3 is 10.4 Å². The van der Waals surface area contributed by atoms with Crippen LogP contribution in [0, 0.1) is 6.92 Å². The average Bonchev–Trinajstić information content (AvgIpc) is 2.75. The summed E-state index contributed by atoms with van der Waals surface area (Å²) in [5.41, 5.74) is 1.31. The molecule has 0 spiro atoms. The highest BCUT2D eigenvalue weighted by Gasteiger charge is 2.22. The Balaban J connectivity index is 2.01. The van der Waals surface area contributed by atoms with Crippen molar-refractivity contribution >= 4 is 34.8 Å². The van der Waals surface area contributed by atoms with Gasteiger partial charge in [0.15, 0.2) is 0 Å². The lowest BCUT2D eigenvalue weighted by molar-refractivity contribution is -0.117. The topological polar surface area (TPSA) is 52.6 Å². The van der Waals surface area contributed by atoms with Gasteiger partial charge in [0, 0.05) is 13.1 Å². The molecule has 2 N–H and O–H groups in total. The van der Waals surface area contributed by atoms with Crippen molar-refractivity contribution in [3.8, 4) is 0 Å². The Bertz CT molecular complexity index is 494. The minimum atomic E-state index is -0.334. The molecule has 104 valence electrons. The highest BCUT2D eigenvalue weighted by Crippen LogP contribution is 2.32. The summed E-state index contributed by atoms with van der Waals surface area (Å²) in [5.74, 6) is -0.177. The number of rotatable bonds is 3. The van der Waals surface area contributed by atoms with Crippen LogP contribution in [0.5, 0.6) is 0 Å². The van der Waals surface area contributed by atoms with Gasteiger partial charge in [-0.2, -0.15) is 0 Å². The molecule has 0 aromatic heterocycles. The van der Waals surface area contributed by atoms with Crippen molar-refractivity contribution in [3.63, 3.8) is 0 Å². The maximum Gasteiger partial charge on any atom is 0.238 e. The minimum Gasteiger partial charge on any atom is -0.392 e. The van der Waals surface area contributed by atoms with E-state index in [-0.39, 0.29) is 18.6 Å². The van der Waals surface area contributed by atoms with Gasteiger partial charge in [-0.3, -0.25) is 9.69 Å². The molecule has 0 aliphatic carbocycles. The first kappa shape index (κ1) is 14.6. The van der Waals surface area contributed by atoms with Gasteiger partial charge in [0.1, 0.15) is 0 Å². The Labute approximate surface area is 122 Å². The molecule has 2 rings (SSSR count). The van der Waals surface area contributed by atoms with Gasteiger partial charge in [-0.05, 0) is 25.0 Å². The molecule has 0 unspecified atom stereocenters. The minimum absolute atomic E-state index is 0.177. The first-order chi connectivity index (χ1) is 8.97. The lowest BCUT2D eigenvalue weighted by Crippen LogP contribution is -2.32. The molecule has 0 radical (unpaired) electrons. The van der Waals surface area contributed by atoms with E-state index in [0.29, 0.717) is 28.7 Å². The number of aliphatic hydroxyl groups is 1. The van der Waals surface area contributed by atoms with E-state index in [1.54, 1.807) is 12.1 Å². The molecular weight excluding hydrogens is 287 g/mol. The molecule has 1 aliphatic heterocycles. The normalized spacial score (nSPS) is 19.7. The SMILES string of the molecule is Cc1ccc(Cl)c(NC(=O)CN2CC[C@H](O)C2)c1Cl. The average molecular weight is 303 g/mol. The van der Waals surface area contributed by atoms with E-state index in [4.69, 9.17) is 23.2 Å². The number of aryl methyl sites for hydroxylation is 1. The zero-order chi connectivity index (χ0) is 14.0. The largest absolute Gasteiger partial charge is 0.392 e. The fraction of sp³-hybridized carbons (Fsp3) is 0.462. The summed E-state index contributed by atoms with van der Waals surface area (Å²) in [6.07, 6.45) is 0.373. The van der Waals surface area contributed by atoms with Gasteiger partial charge in [0.25, 0.3) is 0 Å². The number of carbonyl (C=O) groups excluding carboxylic acids is 1. The number of anilines is 1. The number of likely N-dealkylation sites (tertiary alicyclic amines) is 1. The van der Waals surface area contributed by atoms with Crippen molar-refractivity contribution in [2.24, 2.45) is 0 Å². The van der Waals surface area contributed by atoms with E-state index in [1.165, 1.54) is 0 Å². The number of nitrogens with zero attached hydrogens (tertiary/aromatic N) is 1. The van der Waals surface area contributed by atoms with Crippen LogP contribution >= 0.6 is 23.2 Å². The van der Waals surface area contributed by atoms with Crippen LogP contribution in [0.25, 0.3) is 0 Å². The van der Waals surface area contributed by atoms with Crippen LogP contribution in [-0.4, -0.2) is 41.7 Å². The van der Waals surface area contributed by atoms with Gasteiger partial charge in [-0.25, -0.2) is 0 Å². The number of aliphatic hydroxyl groups excluding tert-OH is 1. The lowest BCUT2D eigenvalue weighted by Gasteiger charge is -2.16. The number of β-amino-alcohol motifs (C(OH)–C–C–N with tert-alkyl or cyclic N) is 1. The van der Waals surface area contributed by atoms with Crippen molar-refractivity contribution in [1.82, 2.24) is 4.90 Å². The first-order valence-electron chi connectivity index (χ1n) is 6.12. The highest BCUT2D eigenvalue weighted by atomic mass is 35.5. The predicted molar refractivity (Wildman–Crippen MR) is 76.9 cm³/mol. The van der Waals surface area contributed by atoms with Gasteiger partial charge in [-0.1, -0.05) is 29.3 Å². The Morgan fingerprint density at radius 2 is 2.26 bits per heavy atom. The Morgan fingerprint density at radius 3 is 2.89 bits per heavy atom. The number of nitrogens with one attached hydrogen (secondary N) is 1. The summed E-state index contributed by atoms with van der Waals surface area (Å²) in [6, 6.07) is 3.51. The van der Waals surface area contributed by atoms with Crippen LogP contribution in [0.15, 0.2) is 12.1 Å². The number of hydrogen-bond donors (Lipinski definition) is 2. The quantitative estimate of drug-likeness (QED) is 0.901. The highest BCUT2D eigenvalue weighted by molar-refractivity contribution is 6.40. The van der Waals surface area contributed by atoms with Crippen LogP contribution in [-0.2, 0) is 4.79 Å². The van der Waals surface area contributed by atoms with Crippen molar-refractivity contribution in [2.45, 2.75) is 19.4 Å². The smallest absolute Gasteiger partial charge is 0.238 e. The van der Waals surface area contributed by atoms with Crippen molar-refractivity contribution < 1.29 is 9.90 Å². The van der Waals surface area contributed by atoms with Crippen molar-refractivity contribution in [3.05, 3.63) is 27.7 Å². The second kappa shape index (κ2) is 6.09. The van der Waals surface area contributed by atoms with Gasteiger partial charge >= 0.3 is 0 Å². The standard InChI is InChI=1S/C13H16Cl2N2O2/c1-8-2-3-10(14)13(12(8)15)16-11(19)7-17-5-4-9(18)6-17/h2-3,9,18H,4-7H2,1H3,(H,16,19)/t9-/m0/s1. The fourth-order valence-electron chi connectivity index (χ4n) is 2.11. The van der Waals surface area contributed by atoms with E-state index in [0.717, 1.165) is 12.1 Å². The molecule has 1 saturated heterocycles. The molecule has 1 atom stereocenters. The molecule has 4 nitrogen and oxygen atoms in total. The number of benzene rings is 1. The van der Waals surface area contributed by atoms with Crippen LogP contribution in [0.1, 0.15) is 12.0 Å². The van der Waals surface area contributed by atoms with E-state index in [1.807, 2.05) is 11.8 Å². The summed E-state index contributed by atoms with van der Waals surface area (Å²) in [5, 5.41) is 13.0. The number of carbonyl (C=O) groups is 1. The lowest BCUT2D eigenvalue weighted by atomic mass is 10.2. The monoisotopic (exact) mass is 302 g/mol. The molecule has 1 amide bonds. The van der Waals surface area contributed by atoms with Crippen molar-refractivity contribution in [2.75, 3.05) is 25.0 Å². The first-order valence-corrected chi connectivity index (χ1v) is 6.88. The van der Waals surface area contributed by atoms with Gasteiger partial charge in [-0.15, -0.1) is 0 Å². The van der Waals surface area contributed by atoms with Gasteiger partial charge in [0.2, 0.25) is 5.91 Å². The van der Waals surface area contributed by atoms with Gasteiger partial charge in [0.05, 0.1) is 28.4 Å². The van der Waals surface area contributed by atoms with Crippen LogP contribution < -0.4 is 5.32 Å². The van der Waals surface area contributed by atoms with Crippen LogP contribution in [0.3, 0.4) is 0 Å². The van der Waals surface area contributed by atoms with E-state index in [2.05, 4.69) is 5.32 Å². The van der Waals surface area contributed by atoms with E-state index < -0.39 is 0 Å². The predicted octanol–water partition coefficient (Wildman–Crippen LogP) is 2.31. The Hall–Kier alpha value is -0.810. The third kappa shape index (κ3) is 3.60.